The van der Waals surface area contributed by atoms with Gasteiger partial charge in [0.25, 0.3) is 5.91 Å². The molecule has 1 amide bonds. The summed E-state index contributed by atoms with van der Waals surface area (Å²) in [5.41, 5.74) is 3.31. The summed E-state index contributed by atoms with van der Waals surface area (Å²) in [6, 6.07) is 12.2. The number of amides is 1. The van der Waals surface area contributed by atoms with Crippen LogP contribution in [0.2, 0.25) is 0 Å². The molecule has 0 saturated carbocycles. The Hall–Kier alpha value is -2.77. The third-order valence-electron chi connectivity index (χ3n) is 6.26. The van der Waals surface area contributed by atoms with Crippen molar-refractivity contribution in [3.8, 4) is 0 Å². The van der Waals surface area contributed by atoms with Crippen LogP contribution in [0.4, 0.5) is 0 Å². The molecule has 2 N–H and O–H groups in total. The van der Waals surface area contributed by atoms with E-state index in [-0.39, 0.29) is 17.6 Å². The highest BCUT2D eigenvalue weighted by Gasteiger charge is 2.41. The lowest BCUT2D eigenvalue weighted by Crippen LogP contribution is -2.43. The minimum atomic E-state index is -0.109. The highest BCUT2D eigenvalue weighted by Crippen LogP contribution is 2.34. The molecule has 7 nitrogen and oxygen atoms in total. The number of benzene rings is 1. The molecule has 2 aliphatic heterocycles. The zero-order chi connectivity index (χ0) is 20.4. The molecule has 1 atom stereocenters. The monoisotopic (exact) mass is 405 g/mol. The first-order valence-electron chi connectivity index (χ1n) is 10.7. The number of piperidine rings is 1. The maximum atomic E-state index is 12.8. The Morgan fingerprint density at radius 2 is 2.07 bits per heavy atom. The number of hydrogen-bond donors (Lipinski definition) is 2. The number of ether oxygens (including phenoxy) is 1. The third kappa shape index (κ3) is 3.95. The van der Waals surface area contributed by atoms with E-state index in [9.17, 15) is 4.79 Å². The number of aryl methyl sites for hydroxylation is 2. The molecule has 4 heterocycles. The second-order valence-electron chi connectivity index (χ2n) is 8.36. The Morgan fingerprint density at radius 3 is 2.90 bits per heavy atom. The second kappa shape index (κ2) is 8.16. The summed E-state index contributed by atoms with van der Waals surface area (Å²) in [7, 11) is 0. The largest absolute Gasteiger partial charge is 0.373 e. The van der Waals surface area contributed by atoms with Gasteiger partial charge < -0.3 is 19.9 Å². The lowest BCUT2D eigenvalue weighted by molar-refractivity contribution is -0.0194. The van der Waals surface area contributed by atoms with Gasteiger partial charge in [-0.25, -0.2) is 9.97 Å². The van der Waals surface area contributed by atoms with E-state index in [0.29, 0.717) is 12.2 Å². The molecule has 2 aliphatic rings. The van der Waals surface area contributed by atoms with Crippen molar-refractivity contribution in [1.29, 1.82) is 0 Å². The molecular formula is C23H27N5O2. The normalized spacial score (nSPS) is 20.6. The molecule has 3 aromatic rings. The zero-order valence-corrected chi connectivity index (χ0v) is 17.0. The van der Waals surface area contributed by atoms with Gasteiger partial charge in [0.1, 0.15) is 5.52 Å². The second-order valence-corrected chi connectivity index (χ2v) is 8.36. The van der Waals surface area contributed by atoms with Crippen molar-refractivity contribution in [3.63, 3.8) is 0 Å². The summed E-state index contributed by atoms with van der Waals surface area (Å²) >= 11 is 0. The fraction of sp³-hybridized carbons (Fsp3) is 0.435. The van der Waals surface area contributed by atoms with Gasteiger partial charge >= 0.3 is 0 Å². The molecule has 7 heteroatoms. The number of imidazole rings is 1. The molecule has 0 radical (unpaired) electrons. The number of carbonyl (C=O) groups excluding carboxylic acids is 1. The average molecular weight is 406 g/mol. The fourth-order valence-corrected chi connectivity index (χ4v) is 4.57. The maximum Gasteiger partial charge on any atom is 0.253 e. The van der Waals surface area contributed by atoms with Crippen LogP contribution in [0, 0.1) is 0 Å². The van der Waals surface area contributed by atoms with E-state index in [1.807, 2.05) is 28.8 Å². The summed E-state index contributed by atoms with van der Waals surface area (Å²) in [6.07, 6.45) is 7.25. The van der Waals surface area contributed by atoms with E-state index in [4.69, 9.17) is 4.74 Å². The molecule has 1 aromatic carbocycles. The first-order valence-corrected chi connectivity index (χ1v) is 10.7. The van der Waals surface area contributed by atoms with Crippen LogP contribution in [0.5, 0.6) is 0 Å². The smallest absolute Gasteiger partial charge is 0.253 e. The summed E-state index contributed by atoms with van der Waals surface area (Å²) in [5, 5.41) is 6.50. The van der Waals surface area contributed by atoms with Crippen molar-refractivity contribution in [1.82, 2.24) is 25.2 Å². The summed E-state index contributed by atoms with van der Waals surface area (Å²) in [6.45, 7) is 3.34. The minimum absolute atomic E-state index is 0.0507. The van der Waals surface area contributed by atoms with E-state index < -0.39 is 0 Å². The van der Waals surface area contributed by atoms with Crippen molar-refractivity contribution in [2.75, 3.05) is 19.7 Å². The number of rotatable bonds is 5. The van der Waals surface area contributed by atoms with Crippen LogP contribution in [-0.2, 0) is 17.7 Å². The molecule has 5 rings (SSSR count). The lowest BCUT2D eigenvalue weighted by atomic mass is 9.88. The highest BCUT2D eigenvalue weighted by atomic mass is 16.5. The van der Waals surface area contributed by atoms with Crippen molar-refractivity contribution in [2.45, 2.75) is 43.9 Å². The van der Waals surface area contributed by atoms with Crippen LogP contribution < -0.4 is 10.6 Å². The van der Waals surface area contributed by atoms with Crippen molar-refractivity contribution < 1.29 is 9.53 Å². The van der Waals surface area contributed by atoms with E-state index >= 15 is 0 Å². The first kappa shape index (κ1) is 19.2. The van der Waals surface area contributed by atoms with Gasteiger partial charge in [0, 0.05) is 12.7 Å². The van der Waals surface area contributed by atoms with Crippen LogP contribution in [0.15, 0.2) is 48.9 Å². The van der Waals surface area contributed by atoms with Gasteiger partial charge in [0.2, 0.25) is 0 Å². The molecule has 2 saturated heterocycles. The van der Waals surface area contributed by atoms with Crippen LogP contribution in [0.3, 0.4) is 0 Å². The minimum Gasteiger partial charge on any atom is -0.373 e. The number of fused-ring (bicyclic) bond motifs is 1. The van der Waals surface area contributed by atoms with Gasteiger partial charge in [-0.3, -0.25) is 4.79 Å². The van der Waals surface area contributed by atoms with Gasteiger partial charge in [-0.1, -0.05) is 30.3 Å². The van der Waals surface area contributed by atoms with E-state index in [0.717, 1.165) is 56.5 Å². The van der Waals surface area contributed by atoms with Gasteiger partial charge in [0.05, 0.1) is 30.1 Å². The van der Waals surface area contributed by atoms with Gasteiger partial charge in [-0.05, 0) is 50.4 Å². The van der Waals surface area contributed by atoms with E-state index in [2.05, 4.69) is 32.7 Å². The predicted octanol–water partition coefficient (Wildman–Crippen LogP) is 2.31. The first-order chi connectivity index (χ1) is 14.7. The SMILES string of the molecule is O=C(NC1COC2(CCNCC2)C1)c1cnc2c(c1)ncn2CCc1ccccc1. The van der Waals surface area contributed by atoms with Crippen LogP contribution >= 0.6 is 0 Å². The maximum absolute atomic E-state index is 12.8. The third-order valence-corrected chi connectivity index (χ3v) is 6.26. The van der Waals surface area contributed by atoms with Crippen molar-refractivity contribution >= 4 is 17.1 Å². The summed E-state index contributed by atoms with van der Waals surface area (Å²) < 4.78 is 8.12. The van der Waals surface area contributed by atoms with Crippen LogP contribution in [-0.4, -0.2) is 51.8 Å². The number of nitrogens with zero attached hydrogens (tertiary/aromatic N) is 3. The van der Waals surface area contributed by atoms with Gasteiger partial charge in [-0.15, -0.1) is 0 Å². The Bertz CT molecular complexity index is 1030. The number of nitrogens with one attached hydrogen (secondary N) is 2. The lowest BCUT2D eigenvalue weighted by Gasteiger charge is -2.32. The average Bonchev–Trinajstić information content (AvgIpc) is 3.37. The van der Waals surface area contributed by atoms with E-state index in [1.54, 1.807) is 12.5 Å². The van der Waals surface area contributed by atoms with Gasteiger partial charge in [0.15, 0.2) is 5.65 Å². The quantitative estimate of drug-likeness (QED) is 0.681. The molecule has 0 aliphatic carbocycles. The van der Waals surface area contributed by atoms with Crippen LogP contribution in [0.1, 0.15) is 35.2 Å². The molecule has 156 valence electrons. The van der Waals surface area contributed by atoms with Crippen LogP contribution in [0.25, 0.3) is 11.2 Å². The van der Waals surface area contributed by atoms with Gasteiger partial charge in [-0.2, -0.15) is 0 Å². The Balaban J connectivity index is 1.23. The van der Waals surface area contributed by atoms with Crippen molar-refractivity contribution in [3.05, 3.63) is 60.0 Å². The molecule has 1 unspecified atom stereocenters. The number of aromatic nitrogens is 3. The number of hydrogen-bond acceptors (Lipinski definition) is 5. The summed E-state index contributed by atoms with van der Waals surface area (Å²) in [5.74, 6) is -0.109. The molecule has 1 spiro atoms. The molecular weight excluding hydrogens is 378 g/mol. The Kier molecular flexibility index (Phi) is 5.23. The molecule has 2 aromatic heterocycles. The predicted molar refractivity (Wildman–Crippen MR) is 114 cm³/mol. The Labute approximate surface area is 175 Å². The number of carbonyl (C=O) groups is 1. The van der Waals surface area contributed by atoms with E-state index in [1.165, 1.54) is 5.56 Å². The fourth-order valence-electron chi connectivity index (χ4n) is 4.57. The summed E-state index contributed by atoms with van der Waals surface area (Å²) in [4.78, 5) is 21.8. The standard InChI is InChI=1S/C23H27N5O2/c29-22(27-19-13-23(30-15-19)7-9-24-10-8-23)18-12-20-21(25-14-18)28(16-26-20)11-6-17-4-2-1-3-5-17/h1-5,12,14,16,19,24H,6-11,13,15H2,(H,27,29). The highest BCUT2D eigenvalue weighted by molar-refractivity contribution is 5.96. The topological polar surface area (TPSA) is 81.1 Å². The molecule has 0 bridgehead atoms. The molecule has 2 fully saturated rings. The Morgan fingerprint density at radius 1 is 1.23 bits per heavy atom. The zero-order valence-electron chi connectivity index (χ0n) is 17.0. The number of pyridine rings is 1. The molecule has 30 heavy (non-hydrogen) atoms. The van der Waals surface area contributed by atoms with Crippen molar-refractivity contribution in [2.24, 2.45) is 0 Å².